The first-order chi connectivity index (χ1) is 13.1. The van der Waals surface area contributed by atoms with E-state index < -0.39 is 35.5 Å². The van der Waals surface area contributed by atoms with Gasteiger partial charge >= 0.3 is 12.2 Å². The Hall–Kier alpha value is -3.23. The highest BCUT2D eigenvalue weighted by Gasteiger charge is 2.33. The number of amides is 3. The fourth-order valence-electron chi connectivity index (χ4n) is 2.26. The summed E-state index contributed by atoms with van der Waals surface area (Å²) in [4.78, 5) is 23.8. The van der Waals surface area contributed by atoms with Crippen LogP contribution in [-0.2, 0) is 11.0 Å². The van der Waals surface area contributed by atoms with E-state index in [2.05, 4.69) is 5.43 Å². The van der Waals surface area contributed by atoms with Gasteiger partial charge in [-0.25, -0.2) is 10.2 Å². The van der Waals surface area contributed by atoms with Crippen LogP contribution in [0.15, 0.2) is 42.5 Å². The lowest BCUT2D eigenvalue weighted by molar-refractivity contribution is -0.137. The molecular formula is C19H20F3N3O3. The van der Waals surface area contributed by atoms with Crippen molar-refractivity contribution in [3.05, 3.63) is 59.2 Å². The molecule has 3 amide bonds. The van der Waals surface area contributed by atoms with Gasteiger partial charge in [-0.3, -0.25) is 10.2 Å². The number of nitrogens with one attached hydrogen (secondary N) is 3. The number of carbonyl (C=O) groups is 2. The zero-order valence-corrected chi connectivity index (χ0v) is 15.5. The van der Waals surface area contributed by atoms with Gasteiger partial charge in [0.15, 0.2) is 6.10 Å². The summed E-state index contributed by atoms with van der Waals surface area (Å²) in [6.07, 6.45) is -5.56. The van der Waals surface area contributed by atoms with Crippen molar-refractivity contribution in [3.63, 3.8) is 0 Å². The Morgan fingerprint density at radius 3 is 2.32 bits per heavy atom. The van der Waals surface area contributed by atoms with Crippen molar-refractivity contribution in [1.82, 2.24) is 10.9 Å². The van der Waals surface area contributed by atoms with Crippen molar-refractivity contribution in [2.45, 2.75) is 33.1 Å². The minimum atomic E-state index is -4.62. The number of anilines is 1. The zero-order valence-electron chi connectivity index (χ0n) is 15.5. The molecule has 3 N–H and O–H groups in total. The highest BCUT2D eigenvalue weighted by atomic mass is 19.4. The third-order valence-electron chi connectivity index (χ3n) is 3.94. The van der Waals surface area contributed by atoms with Crippen LogP contribution in [-0.4, -0.2) is 18.0 Å². The van der Waals surface area contributed by atoms with Gasteiger partial charge in [-0.15, -0.1) is 0 Å². The summed E-state index contributed by atoms with van der Waals surface area (Å²) in [7, 11) is 0. The van der Waals surface area contributed by atoms with E-state index in [-0.39, 0.29) is 0 Å². The molecule has 0 aliphatic heterocycles. The molecule has 0 saturated heterocycles. The molecule has 28 heavy (non-hydrogen) atoms. The highest BCUT2D eigenvalue weighted by Crippen LogP contribution is 2.34. The fraction of sp³-hybridized carbons (Fsp3) is 0.263. The van der Waals surface area contributed by atoms with Gasteiger partial charge in [-0.05, 0) is 56.2 Å². The van der Waals surface area contributed by atoms with Crippen molar-refractivity contribution in [3.8, 4) is 5.75 Å². The van der Waals surface area contributed by atoms with Gasteiger partial charge in [0.25, 0.3) is 5.91 Å². The maximum atomic E-state index is 12.9. The molecule has 1 unspecified atom stereocenters. The van der Waals surface area contributed by atoms with Crippen molar-refractivity contribution < 1.29 is 27.5 Å². The van der Waals surface area contributed by atoms with Crippen molar-refractivity contribution >= 4 is 17.6 Å². The number of hydrogen-bond acceptors (Lipinski definition) is 3. The van der Waals surface area contributed by atoms with Gasteiger partial charge in [0.05, 0.1) is 11.3 Å². The molecule has 9 heteroatoms. The number of aryl methyl sites for hydroxylation is 2. The van der Waals surface area contributed by atoms with Crippen LogP contribution in [0.5, 0.6) is 5.75 Å². The van der Waals surface area contributed by atoms with E-state index in [1.165, 1.54) is 19.1 Å². The van der Waals surface area contributed by atoms with Crippen LogP contribution >= 0.6 is 0 Å². The maximum absolute atomic E-state index is 12.9. The summed E-state index contributed by atoms with van der Waals surface area (Å²) in [6, 6.07) is 8.81. The van der Waals surface area contributed by atoms with Gasteiger partial charge in [0.2, 0.25) is 0 Å². The second-order valence-electron chi connectivity index (χ2n) is 6.12. The van der Waals surface area contributed by atoms with E-state index >= 15 is 0 Å². The summed E-state index contributed by atoms with van der Waals surface area (Å²) in [5.74, 6) is -0.188. The Morgan fingerprint density at radius 1 is 1.00 bits per heavy atom. The molecule has 0 aromatic heterocycles. The molecule has 2 rings (SSSR count). The number of hydrazine groups is 1. The molecule has 0 bridgehead atoms. The van der Waals surface area contributed by atoms with Crippen LogP contribution in [0.2, 0.25) is 0 Å². The van der Waals surface area contributed by atoms with Gasteiger partial charge < -0.3 is 10.1 Å². The number of benzene rings is 2. The Labute approximate surface area is 160 Å². The lowest BCUT2D eigenvalue weighted by Gasteiger charge is -2.17. The third kappa shape index (κ3) is 5.63. The van der Waals surface area contributed by atoms with Crippen LogP contribution in [0.1, 0.15) is 23.6 Å². The summed E-state index contributed by atoms with van der Waals surface area (Å²) < 4.78 is 44.3. The number of halogens is 3. The smallest absolute Gasteiger partial charge is 0.418 e. The van der Waals surface area contributed by atoms with Crippen molar-refractivity contribution in [2.24, 2.45) is 0 Å². The quantitative estimate of drug-likeness (QED) is 0.686. The number of para-hydroxylation sites is 1. The topological polar surface area (TPSA) is 79.5 Å². The lowest BCUT2D eigenvalue weighted by atomic mass is 10.1. The molecule has 6 nitrogen and oxygen atoms in total. The van der Waals surface area contributed by atoms with Crippen LogP contribution in [0.4, 0.5) is 23.7 Å². The number of ether oxygens (including phenoxy) is 1. The number of urea groups is 1. The Bertz CT molecular complexity index is 869. The Kier molecular flexibility index (Phi) is 6.50. The molecule has 0 heterocycles. The molecule has 0 aliphatic carbocycles. The lowest BCUT2D eigenvalue weighted by Crippen LogP contribution is -2.48. The molecule has 2 aromatic carbocycles. The molecule has 0 fully saturated rings. The largest absolute Gasteiger partial charge is 0.481 e. The number of alkyl halides is 3. The van der Waals surface area contributed by atoms with Gasteiger partial charge in [-0.1, -0.05) is 18.2 Å². The summed E-state index contributed by atoms with van der Waals surface area (Å²) in [5.41, 5.74) is 4.74. The van der Waals surface area contributed by atoms with Gasteiger partial charge in [0, 0.05) is 0 Å². The summed E-state index contributed by atoms with van der Waals surface area (Å²) >= 11 is 0. The fourth-order valence-corrected chi connectivity index (χ4v) is 2.26. The van der Waals surface area contributed by atoms with Gasteiger partial charge in [0.1, 0.15) is 5.75 Å². The second-order valence-corrected chi connectivity index (χ2v) is 6.12. The maximum Gasteiger partial charge on any atom is 0.418 e. The molecule has 2 aromatic rings. The van der Waals surface area contributed by atoms with Crippen LogP contribution in [0.3, 0.4) is 0 Å². The molecular weight excluding hydrogens is 375 g/mol. The first-order valence-electron chi connectivity index (χ1n) is 8.35. The van der Waals surface area contributed by atoms with E-state index in [1.54, 1.807) is 12.1 Å². The minimum Gasteiger partial charge on any atom is -0.481 e. The van der Waals surface area contributed by atoms with Crippen LogP contribution in [0, 0.1) is 13.8 Å². The first kappa shape index (κ1) is 21.1. The van der Waals surface area contributed by atoms with E-state index in [4.69, 9.17) is 4.74 Å². The first-order valence-corrected chi connectivity index (χ1v) is 8.35. The predicted molar refractivity (Wildman–Crippen MR) is 97.7 cm³/mol. The average molecular weight is 395 g/mol. The monoisotopic (exact) mass is 395 g/mol. The zero-order chi connectivity index (χ0) is 20.9. The van der Waals surface area contributed by atoms with Crippen molar-refractivity contribution in [1.29, 1.82) is 0 Å². The SMILES string of the molecule is Cc1ccc(OC(C)C(=O)NNC(=O)Nc2ccccc2C(F)(F)F)cc1C. The normalized spacial score (nSPS) is 12.1. The summed E-state index contributed by atoms with van der Waals surface area (Å²) in [5, 5.41) is 2.05. The van der Waals surface area contributed by atoms with E-state index in [9.17, 15) is 22.8 Å². The second kappa shape index (κ2) is 8.64. The van der Waals surface area contributed by atoms with E-state index in [0.29, 0.717) is 5.75 Å². The molecule has 0 spiro atoms. The molecule has 0 radical (unpaired) electrons. The number of carbonyl (C=O) groups excluding carboxylic acids is 2. The highest BCUT2D eigenvalue weighted by molar-refractivity contribution is 5.92. The molecule has 0 saturated carbocycles. The van der Waals surface area contributed by atoms with E-state index in [0.717, 1.165) is 23.3 Å². The number of hydrogen-bond donors (Lipinski definition) is 3. The Balaban J connectivity index is 1.90. The van der Waals surface area contributed by atoms with Gasteiger partial charge in [-0.2, -0.15) is 13.2 Å². The minimum absolute atomic E-state index is 0.429. The van der Waals surface area contributed by atoms with Crippen LogP contribution < -0.4 is 20.9 Å². The molecule has 150 valence electrons. The predicted octanol–water partition coefficient (Wildman–Crippen LogP) is 3.94. The third-order valence-corrected chi connectivity index (χ3v) is 3.94. The average Bonchev–Trinajstić information content (AvgIpc) is 2.62. The van der Waals surface area contributed by atoms with E-state index in [1.807, 2.05) is 30.7 Å². The molecule has 1 atom stereocenters. The number of rotatable bonds is 4. The molecule has 0 aliphatic rings. The van der Waals surface area contributed by atoms with Crippen molar-refractivity contribution in [2.75, 3.05) is 5.32 Å². The van der Waals surface area contributed by atoms with Crippen LogP contribution in [0.25, 0.3) is 0 Å². The standard InChI is InChI=1S/C19H20F3N3O3/c1-11-8-9-14(10-12(11)2)28-13(3)17(26)24-25-18(27)23-16-7-5-4-6-15(16)19(20,21)22/h4-10,13H,1-3H3,(H,24,26)(H2,23,25,27). The Morgan fingerprint density at radius 2 is 1.68 bits per heavy atom. The summed E-state index contributed by atoms with van der Waals surface area (Å²) in [6.45, 7) is 5.31.